The number of carbonyl (C=O) groups is 1. The number of likely N-dealkylation sites (tertiary alicyclic amines) is 1. The molecular formula is C30H31NO8. The van der Waals surface area contributed by atoms with Crippen molar-refractivity contribution in [1.29, 1.82) is 0 Å². The van der Waals surface area contributed by atoms with Crippen molar-refractivity contribution in [3.05, 3.63) is 41.5 Å². The van der Waals surface area contributed by atoms with Gasteiger partial charge >= 0.3 is 5.97 Å². The van der Waals surface area contributed by atoms with Crippen LogP contribution >= 0.6 is 0 Å². The third-order valence-electron chi connectivity index (χ3n) is 8.06. The van der Waals surface area contributed by atoms with E-state index in [9.17, 15) is 4.79 Å². The van der Waals surface area contributed by atoms with Gasteiger partial charge in [0.1, 0.15) is 12.4 Å². The summed E-state index contributed by atoms with van der Waals surface area (Å²) in [5, 5.41) is 1.64. The molecule has 0 aromatic heterocycles. The fourth-order valence-corrected chi connectivity index (χ4v) is 6.27. The molecule has 2 unspecified atom stereocenters. The topological polar surface area (TPSA) is 84.9 Å². The standard InChI is InChI=1S/C30H31NO8/c1-33-24-11-20-21(12-25(24)34-2)29(35-9-3-8-31-13-18-5-6-19(14-31)39-18)22-15-36-30(32)28(22)27(20)17-4-7-23-26(10-17)38-16-37-23/h4,7,10-12,18-19H,3,5-6,8-9,13-16H2,1-2H3. The zero-order valence-corrected chi connectivity index (χ0v) is 22.1. The second-order valence-corrected chi connectivity index (χ2v) is 10.4. The van der Waals surface area contributed by atoms with Crippen molar-refractivity contribution in [1.82, 2.24) is 4.90 Å². The number of cyclic esters (lactones) is 1. The van der Waals surface area contributed by atoms with Crippen molar-refractivity contribution in [2.45, 2.75) is 38.1 Å². The van der Waals surface area contributed by atoms with E-state index in [2.05, 4.69) is 4.90 Å². The van der Waals surface area contributed by atoms with Gasteiger partial charge in [-0.15, -0.1) is 0 Å². The monoisotopic (exact) mass is 533 g/mol. The Labute approximate surface area is 226 Å². The summed E-state index contributed by atoms with van der Waals surface area (Å²) in [7, 11) is 3.21. The van der Waals surface area contributed by atoms with Crippen LogP contribution in [0.3, 0.4) is 0 Å². The maximum absolute atomic E-state index is 13.2. The molecule has 0 radical (unpaired) electrons. The lowest BCUT2D eigenvalue weighted by Gasteiger charge is -2.32. The number of ether oxygens (including phenoxy) is 7. The van der Waals surface area contributed by atoms with Gasteiger partial charge in [0.05, 0.1) is 38.6 Å². The number of methoxy groups -OCH3 is 2. The van der Waals surface area contributed by atoms with Gasteiger partial charge in [0.2, 0.25) is 6.79 Å². The molecule has 39 heavy (non-hydrogen) atoms. The predicted molar refractivity (Wildman–Crippen MR) is 142 cm³/mol. The summed E-state index contributed by atoms with van der Waals surface area (Å²) in [6, 6.07) is 9.51. The Kier molecular flexibility index (Phi) is 6.12. The lowest BCUT2D eigenvalue weighted by Crippen LogP contribution is -2.43. The predicted octanol–water partition coefficient (Wildman–Crippen LogP) is 4.56. The molecule has 2 saturated heterocycles. The molecule has 7 rings (SSSR count). The molecule has 3 aromatic rings. The molecule has 0 amide bonds. The number of hydrogen-bond acceptors (Lipinski definition) is 9. The van der Waals surface area contributed by atoms with Crippen LogP contribution in [-0.2, 0) is 16.1 Å². The number of fused-ring (bicyclic) bond motifs is 5. The molecule has 204 valence electrons. The van der Waals surface area contributed by atoms with Crippen molar-refractivity contribution >= 4 is 16.7 Å². The molecule has 2 atom stereocenters. The smallest absolute Gasteiger partial charge is 0.339 e. The highest BCUT2D eigenvalue weighted by Crippen LogP contribution is 2.49. The van der Waals surface area contributed by atoms with E-state index in [1.54, 1.807) is 14.2 Å². The van der Waals surface area contributed by atoms with Crippen LogP contribution in [0.1, 0.15) is 35.2 Å². The SMILES string of the molecule is COc1cc2c(OCCCN3CC4CCC(C3)O4)c3c(c(-c4ccc5c(c4)OCO5)c2cc1OC)C(=O)OC3. The van der Waals surface area contributed by atoms with Crippen LogP contribution in [0, 0.1) is 0 Å². The van der Waals surface area contributed by atoms with Crippen LogP contribution in [0.25, 0.3) is 21.9 Å². The number of morpholine rings is 1. The van der Waals surface area contributed by atoms with Crippen LogP contribution in [0.4, 0.5) is 0 Å². The highest BCUT2D eigenvalue weighted by Gasteiger charge is 2.35. The first-order chi connectivity index (χ1) is 19.1. The van der Waals surface area contributed by atoms with Gasteiger partial charge in [0.25, 0.3) is 0 Å². The molecule has 0 saturated carbocycles. The summed E-state index contributed by atoms with van der Waals surface area (Å²) in [5.41, 5.74) is 2.82. The van der Waals surface area contributed by atoms with Gasteiger partial charge in [-0.2, -0.15) is 0 Å². The molecule has 2 fully saturated rings. The number of esters is 1. The Morgan fingerprint density at radius 1 is 0.897 bits per heavy atom. The minimum atomic E-state index is -0.372. The minimum absolute atomic E-state index is 0.151. The van der Waals surface area contributed by atoms with E-state index >= 15 is 0 Å². The van der Waals surface area contributed by atoms with Crippen LogP contribution in [0.2, 0.25) is 0 Å². The molecule has 2 bridgehead atoms. The number of rotatable bonds is 8. The molecule has 0 N–H and O–H groups in total. The first kappa shape index (κ1) is 24.4. The molecule has 9 nitrogen and oxygen atoms in total. The summed E-state index contributed by atoms with van der Waals surface area (Å²) in [5.74, 6) is 2.74. The molecular weight excluding hydrogens is 502 g/mol. The van der Waals surface area contributed by atoms with Gasteiger partial charge in [0.15, 0.2) is 23.0 Å². The van der Waals surface area contributed by atoms with Crippen molar-refractivity contribution in [2.24, 2.45) is 0 Å². The van der Waals surface area contributed by atoms with E-state index < -0.39 is 0 Å². The first-order valence-corrected chi connectivity index (χ1v) is 13.4. The second-order valence-electron chi connectivity index (χ2n) is 10.4. The minimum Gasteiger partial charge on any atom is -0.493 e. The van der Waals surface area contributed by atoms with Gasteiger partial charge < -0.3 is 33.2 Å². The third-order valence-corrected chi connectivity index (χ3v) is 8.06. The zero-order chi connectivity index (χ0) is 26.5. The Balaban J connectivity index is 1.28. The van der Waals surface area contributed by atoms with Crippen molar-refractivity contribution < 1.29 is 38.0 Å². The molecule has 0 aliphatic carbocycles. The quantitative estimate of drug-likeness (QED) is 0.306. The van der Waals surface area contributed by atoms with Crippen LogP contribution in [0.15, 0.2) is 30.3 Å². The first-order valence-electron chi connectivity index (χ1n) is 13.4. The molecule has 4 aliphatic rings. The van der Waals surface area contributed by atoms with Gasteiger partial charge in [0, 0.05) is 36.1 Å². The highest BCUT2D eigenvalue weighted by molar-refractivity contribution is 6.14. The maximum Gasteiger partial charge on any atom is 0.339 e. The van der Waals surface area contributed by atoms with E-state index in [1.165, 1.54) is 0 Å². The van der Waals surface area contributed by atoms with Crippen molar-refractivity contribution in [3.8, 4) is 39.9 Å². The van der Waals surface area contributed by atoms with E-state index in [1.807, 2.05) is 30.3 Å². The Morgan fingerprint density at radius 3 is 2.41 bits per heavy atom. The summed E-state index contributed by atoms with van der Waals surface area (Å²) in [6.45, 7) is 3.75. The summed E-state index contributed by atoms with van der Waals surface area (Å²) >= 11 is 0. The Bertz CT molecular complexity index is 1440. The summed E-state index contributed by atoms with van der Waals surface area (Å²) in [6.07, 6.45) is 3.91. The average molecular weight is 534 g/mol. The van der Waals surface area contributed by atoms with Crippen molar-refractivity contribution in [2.75, 3.05) is 47.3 Å². The molecule has 0 spiro atoms. The number of benzene rings is 3. The fourth-order valence-electron chi connectivity index (χ4n) is 6.27. The highest BCUT2D eigenvalue weighted by atomic mass is 16.7. The van der Waals surface area contributed by atoms with Crippen LogP contribution < -0.4 is 23.7 Å². The Hall–Kier alpha value is -3.69. The average Bonchev–Trinajstić information content (AvgIpc) is 3.67. The van der Waals surface area contributed by atoms with Gasteiger partial charge in [-0.05, 0) is 54.5 Å². The lowest BCUT2D eigenvalue weighted by atomic mass is 9.89. The van der Waals surface area contributed by atoms with E-state index in [0.717, 1.165) is 66.4 Å². The summed E-state index contributed by atoms with van der Waals surface area (Å²) < 4.78 is 40.5. The normalized spacial score (nSPS) is 21.2. The van der Waals surface area contributed by atoms with Gasteiger partial charge in [-0.1, -0.05) is 6.07 Å². The molecule has 3 aromatic carbocycles. The number of nitrogens with zero attached hydrogens (tertiary/aromatic N) is 1. The largest absolute Gasteiger partial charge is 0.493 e. The van der Waals surface area contributed by atoms with E-state index in [0.29, 0.717) is 53.1 Å². The Morgan fingerprint density at radius 2 is 1.64 bits per heavy atom. The molecule has 9 heteroatoms. The zero-order valence-electron chi connectivity index (χ0n) is 22.1. The lowest BCUT2D eigenvalue weighted by molar-refractivity contribution is -0.0391. The fraction of sp³-hybridized carbons (Fsp3) is 0.433. The van der Waals surface area contributed by atoms with E-state index in [4.69, 9.17) is 33.2 Å². The third kappa shape index (κ3) is 4.20. The number of hydrogen-bond donors (Lipinski definition) is 0. The molecule has 4 heterocycles. The van der Waals surface area contributed by atoms with Crippen LogP contribution in [0.5, 0.6) is 28.7 Å². The molecule has 4 aliphatic heterocycles. The van der Waals surface area contributed by atoms with Gasteiger partial charge in [-0.25, -0.2) is 4.79 Å². The van der Waals surface area contributed by atoms with E-state index in [-0.39, 0.29) is 19.4 Å². The van der Waals surface area contributed by atoms with Gasteiger partial charge in [-0.3, -0.25) is 4.90 Å². The second kappa shape index (κ2) is 9.81. The summed E-state index contributed by atoms with van der Waals surface area (Å²) in [4.78, 5) is 15.6. The number of carbonyl (C=O) groups excluding carboxylic acids is 1. The maximum atomic E-state index is 13.2. The van der Waals surface area contributed by atoms with Crippen molar-refractivity contribution in [3.63, 3.8) is 0 Å². The van der Waals surface area contributed by atoms with Crippen LogP contribution in [-0.4, -0.2) is 70.3 Å².